The van der Waals surface area contributed by atoms with Crippen LogP contribution in [-0.2, 0) is 9.63 Å². The minimum atomic E-state index is -0.684. The van der Waals surface area contributed by atoms with Crippen molar-refractivity contribution in [3.8, 4) is 0 Å². The molecule has 0 aliphatic carbocycles. The van der Waals surface area contributed by atoms with Gasteiger partial charge >= 0.3 is 5.97 Å². The van der Waals surface area contributed by atoms with E-state index in [0.717, 1.165) is 56.0 Å². The summed E-state index contributed by atoms with van der Waals surface area (Å²) in [6.07, 6.45) is 8.39. The first-order valence-corrected chi connectivity index (χ1v) is 12.4. The van der Waals surface area contributed by atoms with Crippen molar-refractivity contribution in [3.63, 3.8) is 0 Å². The van der Waals surface area contributed by atoms with Crippen LogP contribution in [0.1, 0.15) is 39.5 Å². The SMILES string of the molecule is CCC1(C(=NOCCN2CCC[C@@H](C(=O)O)C2)C2(CC)C=CSC2)C=CSC1. The number of hydrogen-bond donors (Lipinski definition) is 1. The van der Waals surface area contributed by atoms with Crippen LogP contribution >= 0.6 is 23.5 Å². The summed E-state index contributed by atoms with van der Waals surface area (Å²) in [5.41, 5.74) is 1.10. The molecule has 5 nitrogen and oxygen atoms in total. The van der Waals surface area contributed by atoms with E-state index in [-0.39, 0.29) is 16.7 Å². The largest absolute Gasteiger partial charge is 0.481 e. The average molecular weight is 425 g/mol. The van der Waals surface area contributed by atoms with Gasteiger partial charge in [-0.2, -0.15) is 0 Å². The molecule has 1 saturated heterocycles. The molecule has 3 atom stereocenters. The third-order valence-corrected chi connectivity index (χ3v) is 8.38. The van der Waals surface area contributed by atoms with Crippen LogP contribution in [0, 0.1) is 16.7 Å². The molecule has 0 radical (unpaired) electrons. The number of likely N-dealkylation sites (tertiary alicyclic amines) is 1. The van der Waals surface area contributed by atoms with Gasteiger partial charge in [0.25, 0.3) is 0 Å². The Balaban J connectivity index is 1.67. The molecule has 1 fully saturated rings. The number of allylic oxidation sites excluding steroid dienone is 2. The van der Waals surface area contributed by atoms with Gasteiger partial charge in [-0.3, -0.25) is 9.69 Å². The summed E-state index contributed by atoms with van der Waals surface area (Å²) in [7, 11) is 0. The number of carboxylic acid groups (broad SMARTS) is 1. The standard InChI is InChI=1S/C21H32N2O3S2/c1-3-20(7-12-27-15-20)19(21(4-2)8-13-28-16-21)22-26-11-10-23-9-5-6-17(14-23)18(24)25/h7-8,12-13,17H,3-6,9-11,14-16H2,1-2H3,(H,24,25)/t17-,20?,21?/m1/s1. The summed E-state index contributed by atoms with van der Waals surface area (Å²) in [5, 5.41) is 18.4. The molecule has 3 rings (SSSR count). The molecule has 0 bridgehead atoms. The van der Waals surface area contributed by atoms with Crippen LogP contribution in [0.3, 0.4) is 0 Å². The molecule has 1 N–H and O–H groups in total. The smallest absolute Gasteiger partial charge is 0.307 e. The number of nitrogens with zero attached hydrogens (tertiary/aromatic N) is 2. The monoisotopic (exact) mass is 424 g/mol. The number of rotatable bonds is 9. The van der Waals surface area contributed by atoms with Gasteiger partial charge in [-0.25, -0.2) is 0 Å². The van der Waals surface area contributed by atoms with Crippen LogP contribution in [0.15, 0.2) is 28.1 Å². The molecular formula is C21H32N2O3S2. The van der Waals surface area contributed by atoms with E-state index in [0.29, 0.717) is 13.2 Å². The topological polar surface area (TPSA) is 62.1 Å². The summed E-state index contributed by atoms with van der Waals surface area (Å²) in [4.78, 5) is 19.3. The van der Waals surface area contributed by atoms with E-state index in [1.165, 1.54) is 0 Å². The van der Waals surface area contributed by atoms with Crippen LogP contribution in [0.25, 0.3) is 0 Å². The van der Waals surface area contributed by atoms with Gasteiger partial charge in [-0.05, 0) is 43.0 Å². The number of hydrogen-bond acceptors (Lipinski definition) is 6. The maximum absolute atomic E-state index is 11.3. The van der Waals surface area contributed by atoms with E-state index in [1.807, 2.05) is 23.5 Å². The Morgan fingerprint density at radius 1 is 1.21 bits per heavy atom. The maximum Gasteiger partial charge on any atom is 0.307 e. The molecule has 0 saturated carbocycles. The Hall–Kier alpha value is -0.920. The molecule has 0 spiro atoms. The quantitative estimate of drug-likeness (QED) is 0.335. The van der Waals surface area contributed by atoms with Gasteiger partial charge < -0.3 is 9.94 Å². The first-order valence-electron chi connectivity index (χ1n) is 10.3. The number of oxime groups is 1. The van der Waals surface area contributed by atoms with Gasteiger partial charge in [-0.1, -0.05) is 31.2 Å². The fourth-order valence-corrected chi connectivity index (χ4v) is 6.71. The second kappa shape index (κ2) is 9.72. The highest BCUT2D eigenvalue weighted by Crippen LogP contribution is 2.48. The molecule has 7 heteroatoms. The summed E-state index contributed by atoms with van der Waals surface area (Å²) >= 11 is 3.71. The van der Waals surface area contributed by atoms with E-state index >= 15 is 0 Å². The normalized spacial score (nSPS) is 32.6. The van der Waals surface area contributed by atoms with Gasteiger partial charge in [0, 0.05) is 35.4 Å². The number of carboxylic acids is 1. The van der Waals surface area contributed by atoms with Crippen molar-refractivity contribution in [1.29, 1.82) is 0 Å². The molecule has 0 aromatic heterocycles. The number of thioether (sulfide) groups is 2. The van der Waals surface area contributed by atoms with Crippen LogP contribution in [-0.4, -0.2) is 59.4 Å². The Kier molecular flexibility index (Phi) is 7.56. The zero-order valence-electron chi connectivity index (χ0n) is 16.9. The van der Waals surface area contributed by atoms with Crippen molar-refractivity contribution in [2.45, 2.75) is 39.5 Å². The maximum atomic E-state index is 11.3. The number of piperidine rings is 1. The molecule has 0 aromatic carbocycles. The van der Waals surface area contributed by atoms with Gasteiger partial charge in [0.15, 0.2) is 0 Å². The summed E-state index contributed by atoms with van der Waals surface area (Å²) in [5.74, 6) is 1.12. The van der Waals surface area contributed by atoms with Gasteiger partial charge in [-0.15, -0.1) is 23.5 Å². The summed E-state index contributed by atoms with van der Waals surface area (Å²) in [6, 6.07) is 0. The highest BCUT2D eigenvalue weighted by atomic mass is 32.2. The van der Waals surface area contributed by atoms with Crippen molar-refractivity contribution < 1.29 is 14.7 Å². The van der Waals surface area contributed by atoms with Crippen molar-refractivity contribution >= 4 is 35.2 Å². The Morgan fingerprint density at radius 2 is 1.86 bits per heavy atom. The molecule has 3 aliphatic rings. The fraction of sp³-hybridized carbons (Fsp3) is 0.714. The highest BCUT2D eigenvalue weighted by Gasteiger charge is 2.47. The van der Waals surface area contributed by atoms with E-state index in [1.54, 1.807) is 0 Å². The second-order valence-corrected chi connectivity index (χ2v) is 9.79. The second-order valence-electron chi connectivity index (χ2n) is 8.00. The van der Waals surface area contributed by atoms with Gasteiger partial charge in [0.1, 0.15) is 6.61 Å². The predicted octanol–water partition coefficient (Wildman–Crippen LogP) is 4.47. The molecule has 156 valence electrons. The van der Waals surface area contributed by atoms with E-state index < -0.39 is 5.97 Å². The zero-order valence-corrected chi connectivity index (χ0v) is 18.6. The Bertz CT molecular complexity index is 620. The van der Waals surface area contributed by atoms with Crippen molar-refractivity contribution in [2.75, 3.05) is 37.7 Å². The lowest BCUT2D eigenvalue weighted by atomic mass is 9.68. The fourth-order valence-electron chi connectivity index (χ4n) is 4.33. The molecule has 0 amide bonds. The van der Waals surface area contributed by atoms with E-state index in [4.69, 9.17) is 9.99 Å². The molecular weight excluding hydrogens is 392 g/mol. The summed E-state index contributed by atoms with van der Waals surface area (Å²) in [6.45, 7) is 7.27. The van der Waals surface area contributed by atoms with Crippen LogP contribution in [0.2, 0.25) is 0 Å². The van der Waals surface area contributed by atoms with Crippen LogP contribution < -0.4 is 0 Å². The van der Waals surface area contributed by atoms with Crippen molar-refractivity contribution in [1.82, 2.24) is 4.90 Å². The minimum Gasteiger partial charge on any atom is -0.481 e. The van der Waals surface area contributed by atoms with Crippen LogP contribution in [0.4, 0.5) is 0 Å². The molecule has 3 aliphatic heterocycles. The van der Waals surface area contributed by atoms with Gasteiger partial charge in [0.05, 0.1) is 11.6 Å². The molecule has 3 heterocycles. The number of aliphatic carboxylic acids is 1. The number of carbonyl (C=O) groups is 1. The molecule has 28 heavy (non-hydrogen) atoms. The average Bonchev–Trinajstić information content (AvgIpc) is 3.39. The highest BCUT2D eigenvalue weighted by molar-refractivity contribution is 8.02. The Morgan fingerprint density at radius 3 is 2.36 bits per heavy atom. The summed E-state index contributed by atoms with van der Waals surface area (Å²) < 4.78 is 0. The lowest BCUT2D eigenvalue weighted by molar-refractivity contribution is -0.143. The molecule has 0 aromatic rings. The first kappa shape index (κ1) is 21.8. The third-order valence-electron chi connectivity index (χ3n) is 6.36. The van der Waals surface area contributed by atoms with Crippen molar-refractivity contribution in [3.05, 3.63) is 23.0 Å². The Labute approximate surface area is 177 Å². The van der Waals surface area contributed by atoms with Crippen molar-refractivity contribution in [2.24, 2.45) is 21.9 Å². The first-order chi connectivity index (χ1) is 13.6. The minimum absolute atomic E-state index is 0.0323. The van der Waals surface area contributed by atoms with Gasteiger partial charge in [0.2, 0.25) is 0 Å². The lowest BCUT2D eigenvalue weighted by Crippen LogP contribution is -2.43. The zero-order chi connectivity index (χ0) is 20.0. The van der Waals surface area contributed by atoms with E-state index in [2.05, 4.69) is 41.7 Å². The predicted molar refractivity (Wildman–Crippen MR) is 119 cm³/mol. The van der Waals surface area contributed by atoms with Crippen LogP contribution in [0.5, 0.6) is 0 Å². The molecule has 2 unspecified atom stereocenters. The van der Waals surface area contributed by atoms with E-state index in [9.17, 15) is 9.90 Å². The lowest BCUT2D eigenvalue weighted by Gasteiger charge is -2.37. The third kappa shape index (κ3) is 4.62.